The van der Waals surface area contributed by atoms with Crippen molar-refractivity contribution in [1.82, 2.24) is 4.72 Å². The third-order valence-electron chi connectivity index (χ3n) is 2.36. The van der Waals surface area contributed by atoms with Gasteiger partial charge in [0, 0.05) is 6.54 Å². The molecule has 0 fully saturated rings. The fraction of sp³-hybridized carbons (Fsp3) is 1.00. The molecule has 14 heavy (non-hydrogen) atoms. The van der Waals surface area contributed by atoms with Crippen LogP contribution in [0.15, 0.2) is 0 Å². The van der Waals surface area contributed by atoms with Crippen molar-refractivity contribution < 1.29 is 8.42 Å². The SMILES string of the molecule is CC(C)CCCC(C)CCN[SH](=O)=O. The number of nitrogens with one attached hydrogen (secondary N) is 1. The quantitative estimate of drug-likeness (QED) is 0.615. The lowest BCUT2D eigenvalue weighted by Gasteiger charge is -2.11. The molecule has 4 heteroatoms. The van der Waals surface area contributed by atoms with E-state index in [0.717, 1.165) is 12.3 Å². The minimum Gasteiger partial charge on any atom is -0.218 e. The average Bonchev–Trinajstić information content (AvgIpc) is 2.02. The van der Waals surface area contributed by atoms with E-state index in [-0.39, 0.29) is 0 Å². The fourth-order valence-corrected chi connectivity index (χ4v) is 1.73. The van der Waals surface area contributed by atoms with E-state index in [1.165, 1.54) is 19.3 Å². The Labute approximate surface area is 89.4 Å². The van der Waals surface area contributed by atoms with Crippen molar-refractivity contribution in [3.8, 4) is 0 Å². The van der Waals surface area contributed by atoms with Crippen molar-refractivity contribution in [2.45, 2.75) is 46.5 Å². The van der Waals surface area contributed by atoms with Gasteiger partial charge in [-0.3, -0.25) is 0 Å². The summed E-state index contributed by atoms with van der Waals surface area (Å²) < 4.78 is 22.8. The lowest BCUT2D eigenvalue weighted by Crippen LogP contribution is -2.15. The molecule has 0 spiro atoms. The Morgan fingerprint density at radius 2 is 1.71 bits per heavy atom. The maximum absolute atomic E-state index is 10.2. The van der Waals surface area contributed by atoms with Crippen molar-refractivity contribution in [1.29, 1.82) is 0 Å². The van der Waals surface area contributed by atoms with Gasteiger partial charge in [0.1, 0.15) is 0 Å². The Bertz CT molecular complexity index is 194. The van der Waals surface area contributed by atoms with Gasteiger partial charge in [0.2, 0.25) is 10.9 Å². The molecule has 0 amide bonds. The lowest BCUT2D eigenvalue weighted by molar-refractivity contribution is 0.436. The van der Waals surface area contributed by atoms with Gasteiger partial charge in [-0.2, -0.15) is 0 Å². The smallest absolute Gasteiger partial charge is 0.201 e. The van der Waals surface area contributed by atoms with E-state index >= 15 is 0 Å². The molecule has 0 aromatic heterocycles. The van der Waals surface area contributed by atoms with Crippen molar-refractivity contribution in [3.63, 3.8) is 0 Å². The van der Waals surface area contributed by atoms with Crippen LogP contribution < -0.4 is 4.72 Å². The molecule has 0 bridgehead atoms. The molecule has 3 nitrogen and oxygen atoms in total. The van der Waals surface area contributed by atoms with Gasteiger partial charge in [-0.15, -0.1) is 0 Å². The highest BCUT2D eigenvalue weighted by molar-refractivity contribution is 7.70. The van der Waals surface area contributed by atoms with Crippen molar-refractivity contribution in [3.05, 3.63) is 0 Å². The molecule has 86 valence electrons. The zero-order chi connectivity index (χ0) is 11.0. The molecule has 1 unspecified atom stereocenters. The summed E-state index contributed by atoms with van der Waals surface area (Å²) in [5.41, 5.74) is 0. The monoisotopic (exact) mass is 221 g/mol. The third kappa shape index (κ3) is 9.99. The zero-order valence-corrected chi connectivity index (χ0v) is 10.3. The first-order valence-corrected chi connectivity index (χ1v) is 6.58. The molecule has 1 atom stereocenters. The highest BCUT2D eigenvalue weighted by Crippen LogP contribution is 2.14. The molecule has 0 aromatic rings. The molecule has 1 N–H and O–H groups in total. The Hall–Kier alpha value is -0.0900. The van der Waals surface area contributed by atoms with Crippen LogP contribution in [0.4, 0.5) is 0 Å². The van der Waals surface area contributed by atoms with Gasteiger partial charge in [-0.25, -0.2) is 13.1 Å². The molecule has 0 aliphatic carbocycles. The van der Waals surface area contributed by atoms with Crippen LogP contribution in [0.3, 0.4) is 0 Å². The van der Waals surface area contributed by atoms with E-state index < -0.39 is 10.9 Å². The second-order valence-corrected chi connectivity index (χ2v) is 5.21. The summed E-state index contributed by atoms with van der Waals surface area (Å²) in [6.07, 6.45) is 4.67. The van der Waals surface area contributed by atoms with Crippen molar-refractivity contribution in [2.24, 2.45) is 11.8 Å². The predicted molar refractivity (Wildman–Crippen MR) is 60.8 cm³/mol. The molecule has 0 aliphatic rings. The largest absolute Gasteiger partial charge is 0.218 e. The topological polar surface area (TPSA) is 46.2 Å². The molecule has 0 aliphatic heterocycles. The van der Waals surface area contributed by atoms with Crippen LogP contribution in [0.5, 0.6) is 0 Å². The molecule has 0 heterocycles. The number of hydrogen-bond acceptors (Lipinski definition) is 2. The van der Waals surface area contributed by atoms with Crippen molar-refractivity contribution >= 4 is 10.9 Å². The third-order valence-corrected chi connectivity index (χ3v) is 2.84. The highest BCUT2D eigenvalue weighted by atomic mass is 32.2. The van der Waals surface area contributed by atoms with Crippen LogP contribution in [0, 0.1) is 11.8 Å². The summed E-state index contributed by atoms with van der Waals surface area (Å²) in [6, 6.07) is 0. The van der Waals surface area contributed by atoms with Gasteiger partial charge in [0.05, 0.1) is 0 Å². The summed E-state index contributed by atoms with van der Waals surface area (Å²) >= 11 is 0. The van der Waals surface area contributed by atoms with Gasteiger partial charge in [-0.1, -0.05) is 40.0 Å². The van der Waals surface area contributed by atoms with Gasteiger partial charge in [0.25, 0.3) is 0 Å². The fourth-order valence-electron chi connectivity index (χ4n) is 1.42. The Balaban J connectivity index is 3.32. The molecular weight excluding hydrogens is 198 g/mol. The predicted octanol–water partition coefficient (Wildman–Crippen LogP) is 1.95. The first-order chi connectivity index (χ1) is 6.52. The zero-order valence-electron chi connectivity index (χ0n) is 9.45. The normalized spacial score (nSPS) is 13.8. The molecular formula is C10H23NO2S. The van der Waals surface area contributed by atoms with Crippen LogP contribution >= 0.6 is 0 Å². The summed E-state index contributed by atoms with van der Waals surface area (Å²) in [6.45, 7) is 7.23. The van der Waals surface area contributed by atoms with E-state index in [2.05, 4.69) is 25.5 Å². The van der Waals surface area contributed by atoms with Gasteiger partial charge in [0.15, 0.2) is 0 Å². The van der Waals surface area contributed by atoms with Gasteiger partial charge >= 0.3 is 0 Å². The minimum absolute atomic E-state index is 0.585. The summed E-state index contributed by atoms with van der Waals surface area (Å²) in [4.78, 5) is 0. The summed E-state index contributed by atoms with van der Waals surface area (Å²) in [5.74, 6) is 1.40. The number of rotatable bonds is 8. The minimum atomic E-state index is -2.40. The number of hydrogen-bond donors (Lipinski definition) is 2. The van der Waals surface area contributed by atoms with Crippen LogP contribution in [0.25, 0.3) is 0 Å². The first-order valence-electron chi connectivity index (χ1n) is 5.40. The van der Waals surface area contributed by atoms with E-state index in [4.69, 9.17) is 0 Å². The standard InChI is InChI=1S/C10H23NO2S/c1-9(2)5-4-6-10(3)7-8-11-14(12)13/h9-10,14H,4-8H2,1-3H3,(H,11,12,13). The average molecular weight is 221 g/mol. The van der Waals surface area contributed by atoms with Crippen LogP contribution in [-0.4, -0.2) is 15.0 Å². The van der Waals surface area contributed by atoms with E-state index in [9.17, 15) is 8.42 Å². The van der Waals surface area contributed by atoms with Crippen molar-refractivity contribution in [2.75, 3.05) is 6.54 Å². The van der Waals surface area contributed by atoms with Gasteiger partial charge < -0.3 is 0 Å². The molecule has 0 aromatic carbocycles. The maximum Gasteiger partial charge on any atom is 0.201 e. The molecule has 0 rings (SSSR count). The van der Waals surface area contributed by atoms with Gasteiger partial charge in [-0.05, 0) is 18.3 Å². The highest BCUT2D eigenvalue weighted by Gasteiger charge is 2.02. The van der Waals surface area contributed by atoms with E-state index in [1.54, 1.807) is 0 Å². The summed E-state index contributed by atoms with van der Waals surface area (Å²) in [7, 11) is -2.40. The van der Waals surface area contributed by atoms with Crippen LogP contribution in [0.2, 0.25) is 0 Å². The van der Waals surface area contributed by atoms with E-state index in [0.29, 0.717) is 12.5 Å². The number of thiol groups is 1. The Morgan fingerprint density at radius 1 is 1.07 bits per heavy atom. The second kappa shape index (κ2) is 8.24. The van der Waals surface area contributed by atoms with Crippen LogP contribution in [0.1, 0.15) is 46.5 Å². The van der Waals surface area contributed by atoms with Crippen LogP contribution in [-0.2, 0) is 10.9 Å². The molecule has 0 saturated heterocycles. The Morgan fingerprint density at radius 3 is 2.21 bits per heavy atom. The summed E-state index contributed by atoms with van der Waals surface area (Å²) in [5, 5.41) is 0. The lowest BCUT2D eigenvalue weighted by atomic mass is 9.97. The molecule has 0 radical (unpaired) electrons. The Kier molecular flexibility index (Phi) is 8.18. The molecule has 0 saturated carbocycles. The maximum atomic E-state index is 10.2. The second-order valence-electron chi connectivity index (χ2n) is 4.38. The van der Waals surface area contributed by atoms with E-state index in [1.807, 2.05) is 0 Å². The first kappa shape index (κ1) is 13.9.